The van der Waals surface area contributed by atoms with E-state index in [0.717, 1.165) is 6.07 Å². The summed E-state index contributed by atoms with van der Waals surface area (Å²) in [5.74, 6) is 0. The van der Waals surface area contributed by atoms with Crippen molar-refractivity contribution in [3.63, 3.8) is 0 Å². The molecule has 10 heteroatoms. The van der Waals surface area contributed by atoms with Gasteiger partial charge in [-0.2, -0.15) is 0 Å². The zero-order valence-corrected chi connectivity index (χ0v) is 13.3. The second-order valence-electron chi connectivity index (χ2n) is 5.22. The fourth-order valence-electron chi connectivity index (χ4n) is 2.62. The summed E-state index contributed by atoms with van der Waals surface area (Å²) in [6, 6.07) is 0.114. The molecule has 0 N–H and O–H groups in total. The minimum Gasteiger partial charge on any atom is -0.596 e. The minimum atomic E-state index is -1.99. The van der Waals surface area contributed by atoms with E-state index >= 15 is 0 Å². The largest absolute Gasteiger partial charge is 0.596 e. The summed E-state index contributed by atoms with van der Waals surface area (Å²) < 4.78 is -1.99. The highest BCUT2D eigenvalue weighted by atomic mass is 16.6. The molecule has 1 rings (SSSR count). The summed E-state index contributed by atoms with van der Waals surface area (Å²) in [6.07, 6.45) is 0.375. The molecular weight excluding hydrogens is 308 g/mol. The molecule has 0 saturated carbocycles. The van der Waals surface area contributed by atoms with E-state index in [1.807, 2.05) is 0 Å². The van der Waals surface area contributed by atoms with Crippen LogP contribution in [0.2, 0.25) is 0 Å². The van der Waals surface area contributed by atoms with Crippen molar-refractivity contribution >= 4 is 17.1 Å². The fourth-order valence-corrected chi connectivity index (χ4v) is 2.62. The maximum atomic E-state index is 13.0. The lowest BCUT2D eigenvalue weighted by molar-refractivity contribution is -0.394. The van der Waals surface area contributed by atoms with Crippen LogP contribution in [0.5, 0.6) is 0 Å². The Morgan fingerprint density at radius 1 is 1.17 bits per heavy atom. The van der Waals surface area contributed by atoms with Crippen molar-refractivity contribution in [2.24, 2.45) is 5.29 Å². The quantitative estimate of drug-likeness (QED) is 0.323. The number of aryl methyl sites for hydroxylation is 1. The van der Waals surface area contributed by atoms with Crippen LogP contribution in [-0.2, 0) is 0 Å². The molecule has 0 heterocycles. The van der Waals surface area contributed by atoms with E-state index in [1.54, 1.807) is 13.8 Å². The average Bonchev–Trinajstić information content (AvgIpc) is 2.49. The van der Waals surface area contributed by atoms with E-state index in [1.165, 1.54) is 13.8 Å². The van der Waals surface area contributed by atoms with Crippen LogP contribution in [0.25, 0.3) is 0 Å². The molecular formula is C13H18N4O6. The first kappa shape index (κ1) is 18.6. The van der Waals surface area contributed by atoms with Gasteiger partial charge in [0.1, 0.15) is 6.04 Å². The third kappa shape index (κ3) is 3.03. The summed E-state index contributed by atoms with van der Waals surface area (Å²) in [7, 11) is 0. The number of nitrogens with zero attached hydrogens (tertiary/aromatic N) is 4. The number of hydrogen-bond donors (Lipinski definition) is 0. The predicted octanol–water partition coefficient (Wildman–Crippen LogP) is 3.79. The number of rotatable bonds is 7. The smallest absolute Gasteiger partial charge is 0.342 e. The van der Waals surface area contributed by atoms with Gasteiger partial charge in [0.2, 0.25) is 0 Å². The molecule has 1 unspecified atom stereocenters. The van der Waals surface area contributed by atoms with Gasteiger partial charge in [0.25, 0.3) is 0 Å². The molecule has 0 radical (unpaired) electrons. The molecule has 0 aliphatic carbocycles. The van der Waals surface area contributed by atoms with E-state index in [9.17, 15) is 30.3 Å². The van der Waals surface area contributed by atoms with Crippen LogP contribution >= 0.6 is 0 Å². The Kier molecular flexibility index (Phi) is 5.46. The van der Waals surface area contributed by atoms with Gasteiger partial charge in [-0.15, -0.1) is 4.76 Å². The van der Waals surface area contributed by atoms with Crippen LogP contribution in [0.15, 0.2) is 11.4 Å². The summed E-state index contributed by atoms with van der Waals surface area (Å²) in [6.45, 7) is 6.07. The summed E-state index contributed by atoms with van der Waals surface area (Å²) >= 11 is 0. The number of hydrogen-bond acceptors (Lipinski definition) is 7. The number of benzene rings is 1. The van der Waals surface area contributed by atoms with E-state index in [0.29, 0.717) is 0 Å². The number of nitroso groups, excluding NO2 is 1. The second kappa shape index (κ2) is 6.75. The van der Waals surface area contributed by atoms with Gasteiger partial charge in [-0.1, -0.05) is 18.8 Å². The first-order valence-corrected chi connectivity index (χ1v) is 7.03. The Morgan fingerprint density at radius 2 is 1.70 bits per heavy atom. The lowest BCUT2D eigenvalue weighted by atomic mass is 10.0. The molecule has 1 aromatic carbocycles. The van der Waals surface area contributed by atoms with Crippen molar-refractivity contribution in [3.05, 3.63) is 47.5 Å². The molecule has 126 valence electrons. The summed E-state index contributed by atoms with van der Waals surface area (Å²) in [4.78, 5) is 32.3. The highest BCUT2D eigenvalue weighted by molar-refractivity contribution is 5.77. The van der Waals surface area contributed by atoms with Crippen molar-refractivity contribution < 1.29 is 9.85 Å². The second-order valence-corrected chi connectivity index (χ2v) is 5.22. The lowest BCUT2D eigenvalue weighted by Crippen LogP contribution is -2.47. The molecule has 0 spiro atoms. The molecule has 0 aromatic heterocycles. The van der Waals surface area contributed by atoms with Crippen LogP contribution < -0.4 is 4.76 Å². The van der Waals surface area contributed by atoms with Crippen molar-refractivity contribution in [2.45, 2.75) is 46.6 Å². The molecule has 0 bridgehead atoms. The first-order chi connectivity index (χ1) is 10.6. The molecule has 0 aliphatic heterocycles. The standard InChI is InChI=1S/C13H18N4O6/c1-5-10(6-2)17(23,14-18)13-11(15(19)20)7-8(3)9(4)12(13)16(21)22/h7,10H,5-6H2,1-4H3. The van der Waals surface area contributed by atoms with Crippen LogP contribution in [0.3, 0.4) is 0 Å². The molecule has 1 atom stereocenters. The summed E-state index contributed by atoms with van der Waals surface area (Å²) in [5, 5.41) is 38.2. The number of hydroxylamine groups is 1. The van der Waals surface area contributed by atoms with Crippen LogP contribution in [-0.4, -0.2) is 15.9 Å². The zero-order chi connectivity index (χ0) is 17.9. The zero-order valence-electron chi connectivity index (χ0n) is 13.3. The van der Waals surface area contributed by atoms with Crippen molar-refractivity contribution in [1.29, 1.82) is 0 Å². The monoisotopic (exact) mass is 326 g/mol. The molecule has 0 amide bonds. The SMILES string of the molecule is CCC(CC)[N+]([O-])(N=O)c1c([N+](=O)[O-])cc(C)c(C)c1[N+](=O)[O-]. The predicted molar refractivity (Wildman–Crippen MR) is 84.6 cm³/mol. The summed E-state index contributed by atoms with van der Waals surface area (Å²) in [5.41, 5.74) is -1.91. The topological polar surface area (TPSA) is 139 Å². The average molecular weight is 326 g/mol. The molecule has 10 nitrogen and oxygen atoms in total. The minimum absolute atomic E-state index is 0.101. The van der Waals surface area contributed by atoms with Gasteiger partial charge in [-0.05, 0) is 32.3 Å². The maximum absolute atomic E-state index is 13.0. The Hall–Kier alpha value is -2.46. The highest BCUT2D eigenvalue weighted by Crippen LogP contribution is 2.46. The number of nitro benzene ring substituents is 2. The van der Waals surface area contributed by atoms with E-state index in [2.05, 4.69) is 5.29 Å². The Balaban J connectivity index is 3.99. The third-order valence-corrected chi connectivity index (χ3v) is 4.03. The molecule has 23 heavy (non-hydrogen) atoms. The van der Waals surface area contributed by atoms with Crippen LogP contribution in [0.4, 0.5) is 17.1 Å². The van der Waals surface area contributed by atoms with Crippen molar-refractivity contribution in [3.8, 4) is 0 Å². The van der Waals surface area contributed by atoms with Crippen LogP contribution in [0, 0.1) is 44.2 Å². The molecule has 0 aliphatic rings. The number of quaternary nitrogens is 1. The van der Waals surface area contributed by atoms with Gasteiger partial charge in [0, 0.05) is 11.6 Å². The molecule has 1 aromatic rings. The highest BCUT2D eigenvalue weighted by Gasteiger charge is 2.46. The van der Waals surface area contributed by atoms with Crippen LogP contribution in [0.1, 0.15) is 37.8 Å². The first-order valence-electron chi connectivity index (χ1n) is 7.03. The normalized spacial score (nSPS) is 13.7. The Bertz CT molecular complexity index is 658. The van der Waals surface area contributed by atoms with Gasteiger partial charge in [0.05, 0.1) is 9.85 Å². The lowest BCUT2D eigenvalue weighted by Gasteiger charge is -2.36. The van der Waals surface area contributed by atoms with E-state index in [4.69, 9.17) is 0 Å². The Labute approximate surface area is 132 Å². The third-order valence-electron chi connectivity index (χ3n) is 4.03. The maximum Gasteiger partial charge on any atom is 0.342 e. The van der Waals surface area contributed by atoms with Gasteiger partial charge < -0.3 is 5.21 Å². The van der Waals surface area contributed by atoms with Crippen molar-refractivity contribution in [1.82, 2.24) is 4.76 Å². The molecule has 0 saturated heterocycles. The van der Waals surface area contributed by atoms with Gasteiger partial charge >= 0.3 is 17.1 Å². The fraction of sp³-hybridized carbons (Fsp3) is 0.538. The van der Waals surface area contributed by atoms with Crippen molar-refractivity contribution in [2.75, 3.05) is 0 Å². The number of nitro groups is 2. The van der Waals surface area contributed by atoms with E-state index < -0.39 is 37.7 Å². The van der Waals surface area contributed by atoms with E-state index in [-0.39, 0.29) is 24.0 Å². The van der Waals surface area contributed by atoms with Gasteiger partial charge in [0.15, 0.2) is 5.29 Å². The van der Waals surface area contributed by atoms with Gasteiger partial charge in [-0.3, -0.25) is 20.2 Å². The van der Waals surface area contributed by atoms with Gasteiger partial charge in [-0.25, -0.2) is 0 Å². The Morgan fingerprint density at radius 3 is 2.04 bits per heavy atom. The molecule has 0 fully saturated rings.